The van der Waals surface area contributed by atoms with Gasteiger partial charge in [0.25, 0.3) is 0 Å². The van der Waals surface area contributed by atoms with Crippen LogP contribution in [-0.2, 0) is 9.59 Å². The van der Waals surface area contributed by atoms with Gasteiger partial charge in [-0.3, -0.25) is 4.79 Å². The summed E-state index contributed by atoms with van der Waals surface area (Å²) in [6.07, 6.45) is 1.32. The molecule has 1 atom stereocenters. The van der Waals surface area contributed by atoms with Crippen molar-refractivity contribution in [3.05, 3.63) is 40.9 Å². The SMILES string of the molecule is C=CC[NH2+][C@H](CC(=O)Nc1ccc(Cl)cc1Cl)C(=O)[O-]. The predicted molar refractivity (Wildman–Crippen MR) is 75.5 cm³/mol. The number of nitrogens with two attached hydrogens (primary N) is 1. The third kappa shape index (κ3) is 5.21. The third-order valence-electron chi connectivity index (χ3n) is 2.50. The molecule has 0 aromatic heterocycles. The molecular formula is C13H14Cl2N2O3. The van der Waals surface area contributed by atoms with E-state index >= 15 is 0 Å². The van der Waals surface area contributed by atoms with Crippen molar-refractivity contribution >= 4 is 40.8 Å². The van der Waals surface area contributed by atoms with Crippen molar-refractivity contribution in [2.75, 3.05) is 11.9 Å². The lowest BCUT2D eigenvalue weighted by Gasteiger charge is -2.15. The van der Waals surface area contributed by atoms with Gasteiger partial charge < -0.3 is 20.5 Å². The summed E-state index contributed by atoms with van der Waals surface area (Å²) in [5.74, 6) is -1.77. The topological polar surface area (TPSA) is 85.8 Å². The Morgan fingerprint density at radius 1 is 1.45 bits per heavy atom. The molecule has 0 aliphatic heterocycles. The van der Waals surface area contributed by atoms with E-state index in [0.29, 0.717) is 17.3 Å². The number of carbonyl (C=O) groups is 2. The molecule has 20 heavy (non-hydrogen) atoms. The molecule has 7 heteroatoms. The Hall–Kier alpha value is -1.56. The van der Waals surface area contributed by atoms with Crippen molar-refractivity contribution in [3.8, 4) is 0 Å². The molecule has 0 aliphatic carbocycles. The zero-order chi connectivity index (χ0) is 15.1. The molecule has 0 spiro atoms. The lowest BCUT2D eigenvalue weighted by Crippen LogP contribution is -2.93. The number of benzene rings is 1. The van der Waals surface area contributed by atoms with Crippen molar-refractivity contribution in [2.24, 2.45) is 0 Å². The third-order valence-corrected chi connectivity index (χ3v) is 3.05. The molecule has 0 radical (unpaired) electrons. The fraction of sp³-hybridized carbons (Fsp3) is 0.231. The van der Waals surface area contributed by atoms with Gasteiger partial charge in [0, 0.05) is 5.02 Å². The zero-order valence-electron chi connectivity index (χ0n) is 10.6. The van der Waals surface area contributed by atoms with E-state index in [0.717, 1.165) is 0 Å². The highest BCUT2D eigenvalue weighted by atomic mass is 35.5. The minimum absolute atomic E-state index is 0.227. The molecule has 0 heterocycles. The number of aliphatic carboxylic acids is 1. The largest absolute Gasteiger partial charge is 0.544 e. The van der Waals surface area contributed by atoms with Crippen LogP contribution in [0.15, 0.2) is 30.9 Å². The number of carbonyl (C=O) groups excluding carboxylic acids is 2. The second kappa shape index (κ2) is 7.89. The van der Waals surface area contributed by atoms with Crippen LogP contribution in [0.2, 0.25) is 10.0 Å². The van der Waals surface area contributed by atoms with Gasteiger partial charge in [-0.25, -0.2) is 0 Å². The number of quaternary nitrogens is 1. The number of rotatable bonds is 7. The van der Waals surface area contributed by atoms with Gasteiger partial charge in [-0.2, -0.15) is 0 Å². The van der Waals surface area contributed by atoms with Gasteiger partial charge in [0.1, 0.15) is 6.04 Å². The number of nitrogens with one attached hydrogen (secondary N) is 1. The lowest BCUT2D eigenvalue weighted by atomic mass is 10.2. The van der Waals surface area contributed by atoms with Crippen LogP contribution in [0, 0.1) is 0 Å². The Labute approximate surface area is 126 Å². The number of anilines is 1. The van der Waals surface area contributed by atoms with E-state index in [9.17, 15) is 14.7 Å². The van der Waals surface area contributed by atoms with Crippen molar-refractivity contribution in [1.29, 1.82) is 0 Å². The van der Waals surface area contributed by atoms with Gasteiger partial charge in [-0.1, -0.05) is 29.8 Å². The summed E-state index contributed by atoms with van der Waals surface area (Å²) in [5.41, 5.74) is 0.377. The van der Waals surface area contributed by atoms with E-state index in [-0.39, 0.29) is 11.4 Å². The quantitative estimate of drug-likeness (QED) is 0.704. The monoisotopic (exact) mass is 316 g/mol. The molecule has 1 rings (SSSR count). The normalized spacial score (nSPS) is 11.7. The first-order chi connectivity index (χ1) is 9.43. The second-order valence-corrected chi connectivity index (χ2v) is 4.91. The number of hydrogen-bond donors (Lipinski definition) is 2. The van der Waals surface area contributed by atoms with Gasteiger partial charge in [0.15, 0.2) is 0 Å². The molecule has 5 nitrogen and oxygen atoms in total. The van der Waals surface area contributed by atoms with Crippen LogP contribution in [0.25, 0.3) is 0 Å². The summed E-state index contributed by atoms with van der Waals surface area (Å²) < 4.78 is 0. The van der Waals surface area contributed by atoms with Crippen LogP contribution >= 0.6 is 23.2 Å². The van der Waals surface area contributed by atoms with E-state index in [1.54, 1.807) is 18.2 Å². The van der Waals surface area contributed by atoms with Crippen molar-refractivity contribution in [1.82, 2.24) is 0 Å². The smallest absolute Gasteiger partial charge is 0.230 e. The lowest BCUT2D eigenvalue weighted by molar-refractivity contribution is -0.674. The molecule has 0 unspecified atom stereocenters. The summed E-state index contributed by atoms with van der Waals surface area (Å²) in [7, 11) is 0. The standard InChI is InChI=1S/C13H14Cl2N2O3/c1-2-5-16-11(13(19)20)7-12(18)17-10-4-3-8(14)6-9(10)15/h2-4,6,11,16H,1,5,7H2,(H,17,18)(H,19,20)/t11-/m1/s1. The van der Waals surface area contributed by atoms with Crippen LogP contribution in [-0.4, -0.2) is 24.5 Å². The van der Waals surface area contributed by atoms with Gasteiger partial charge in [-0.15, -0.1) is 0 Å². The zero-order valence-corrected chi connectivity index (χ0v) is 12.1. The number of hydrogen-bond acceptors (Lipinski definition) is 3. The van der Waals surface area contributed by atoms with E-state index < -0.39 is 17.9 Å². The Balaban J connectivity index is 2.65. The van der Waals surface area contributed by atoms with E-state index in [2.05, 4.69) is 11.9 Å². The van der Waals surface area contributed by atoms with Crippen LogP contribution in [0.5, 0.6) is 0 Å². The summed E-state index contributed by atoms with van der Waals surface area (Å²) in [5, 5.41) is 15.6. The Morgan fingerprint density at radius 3 is 2.70 bits per heavy atom. The van der Waals surface area contributed by atoms with Gasteiger partial charge >= 0.3 is 0 Å². The van der Waals surface area contributed by atoms with Gasteiger partial charge in [-0.05, 0) is 24.3 Å². The molecule has 0 aliphatic rings. The Morgan fingerprint density at radius 2 is 2.15 bits per heavy atom. The van der Waals surface area contributed by atoms with Crippen molar-refractivity contribution in [2.45, 2.75) is 12.5 Å². The molecule has 1 amide bonds. The molecule has 0 saturated heterocycles. The molecule has 0 fully saturated rings. The minimum Gasteiger partial charge on any atom is -0.544 e. The summed E-state index contributed by atoms with van der Waals surface area (Å²) in [6, 6.07) is 3.63. The average Bonchev–Trinajstić information content (AvgIpc) is 2.37. The molecular weight excluding hydrogens is 303 g/mol. The van der Waals surface area contributed by atoms with Crippen LogP contribution < -0.4 is 15.7 Å². The average molecular weight is 317 g/mol. The molecule has 3 N–H and O–H groups in total. The number of amides is 1. The number of halogens is 2. The Bertz CT molecular complexity index is 520. The number of carboxylic acid groups (broad SMARTS) is 1. The fourth-order valence-corrected chi connectivity index (χ4v) is 1.97. The Kier molecular flexibility index (Phi) is 6.51. The number of carboxylic acids is 1. The maximum absolute atomic E-state index is 11.8. The first-order valence-electron chi connectivity index (χ1n) is 5.84. The van der Waals surface area contributed by atoms with Gasteiger partial charge in [0.2, 0.25) is 5.91 Å². The highest BCUT2D eigenvalue weighted by molar-refractivity contribution is 6.36. The van der Waals surface area contributed by atoms with E-state index in [4.69, 9.17) is 23.2 Å². The summed E-state index contributed by atoms with van der Waals surface area (Å²) in [4.78, 5) is 22.7. The van der Waals surface area contributed by atoms with Crippen LogP contribution in [0.1, 0.15) is 6.42 Å². The summed E-state index contributed by atoms with van der Waals surface area (Å²) >= 11 is 11.6. The van der Waals surface area contributed by atoms with Crippen LogP contribution in [0.4, 0.5) is 5.69 Å². The first kappa shape index (κ1) is 16.5. The maximum atomic E-state index is 11.8. The van der Waals surface area contributed by atoms with E-state index in [1.807, 2.05) is 0 Å². The first-order valence-corrected chi connectivity index (χ1v) is 6.59. The van der Waals surface area contributed by atoms with Gasteiger partial charge in [0.05, 0.1) is 29.6 Å². The highest BCUT2D eigenvalue weighted by Crippen LogP contribution is 2.25. The fourth-order valence-electron chi connectivity index (χ4n) is 1.52. The molecule has 1 aromatic rings. The van der Waals surface area contributed by atoms with Crippen molar-refractivity contribution < 1.29 is 20.0 Å². The second-order valence-electron chi connectivity index (χ2n) is 4.06. The highest BCUT2D eigenvalue weighted by Gasteiger charge is 2.18. The maximum Gasteiger partial charge on any atom is 0.230 e. The van der Waals surface area contributed by atoms with Crippen LogP contribution in [0.3, 0.4) is 0 Å². The molecule has 0 bridgehead atoms. The minimum atomic E-state index is -1.30. The van der Waals surface area contributed by atoms with E-state index in [1.165, 1.54) is 11.4 Å². The summed E-state index contributed by atoms with van der Waals surface area (Å²) in [6.45, 7) is 3.87. The van der Waals surface area contributed by atoms with Crippen molar-refractivity contribution in [3.63, 3.8) is 0 Å². The molecule has 1 aromatic carbocycles. The predicted octanol–water partition coefficient (Wildman–Crippen LogP) is 0.190. The molecule has 0 saturated carbocycles. The molecule has 108 valence electrons.